The van der Waals surface area contributed by atoms with Crippen molar-refractivity contribution in [3.05, 3.63) is 35.7 Å². The Morgan fingerprint density at radius 2 is 2.15 bits per heavy atom. The van der Waals surface area contributed by atoms with Crippen molar-refractivity contribution in [1.82, 2.24) is 9.88 Å². The second kappa shape index (κ2) is 5.51. The van der Waals surface area contributed by atoms with Gasteiger partial charge in [0.25, 0.3) is 0 Å². The summed E-state index contributed by atoms with van der Waals surface area (Å²) in [5, 5.41) is 3.71. The maximum Gasteiger partial charge on any atom is 0.241 e. The van der Waals surface area contributed by atoms with Crippen LogP contribution in [0.4, 0.5) is 5.69 Å². The van der Waals surface area contributed by atoms with E-state index in [0.717, 1.165) is 0 Å². The molecule has 2 aromatic rings. The van der Waals surface area contributed by atoms with Crippen LogP contribution in [-0.4, -0.2) is 20.7 Å². The molecule has 0 amide bonds. The molecule has 0 fully saturated rings. The molecule has 0 radical (unpaired) electrons. The second-order valence-corrected chi connectivity index (χ2v) is 5.92. The number of hydrogen-bond acceptors (Lipinski definition) is 6. The lowest BCUT2D eigenvalue weighted by Crippen LogP contribution is -2.23. The molecule has 7 nitrogen and oxygen atoms in total. The largest absolute Gasteiger partial charge is 0.495 e. The number of anilines is 1. The van der Waals surface area contributed by atoms with Gasteiger partial charge in [0.05, 0.1) is 29.9 Å². The first-order valence-corrected chi connectivity index (χ1v) is 7.26. The Kier molecular flexibility index (Phi) is 3.96. The third-order valence-electron chi connectivity index (χ3n) is 2.63. The van der Waals surface area contributed by atoms with Crippen molar-refractivity contribution in [2.75, 3.05) is 12.8 Å². The molecular formula is C12H15N3O4S. The van der Waals surface area contributed by atoms with Gasteiger partial charge in [-0.15, -0.1) is 0 Å². The molecule has 0 bridgehead atoms. The molecule has 1 heterocycles. The fourth-order valence-electron chi connectivity index (χ4n) is 1.63. The van der Waals surface area contributed by atoms with Crippen LogP contribution in [0, 0.1) is 6.92 Å². The predicted molar refractivity (Wildman–Crippen MR) is 72.7 cm³/mol. The minimum atomic E-state index is -3.66. The fourth-order valence-corrected chi connectivity index (χ4v) is 2.67. The number of nitrogens with one attached hydrogen (secondary N) is 1. The molecule has 3 N–H and O–H groups in total. The van der Waals surface area contributed by atoms with Gasteiger partial charge < -0.3 is 15.0 Å². The third kappa shape index (κ3) is 3.09. The van der Waals surface area contributed by atoms with Gasteiger partial charge >= 0.3 is 0 Å². The van der Waals surface area contributed by atoms with Crippen molar-refractivity contribution in [3.8, 4) is 5.75 Å². The van der Waals surface area contributed by atoms with E-state index in [2.05, 4.69) is 9.88 Å². The number of rotatable bonds is 5. The first kappa shape index (κ1) is 14.4. The van der Waals surface area contributed by atoms with Crippen LogP contribution in [0.1, 0.15) is 11.5 Å². The number of methoxy groups -OCH3 is 1. The maximum absolute atomic E-state index is 12.1. The summed E-state index contributed by atoms with van der Waals surface area (Å²) < 4.78 is 36.5. The van der Waals surface area contributed by atoms with Gasteiger partial charge in [0, 0.05) is 6.07 Å². The van der Waals surface area contributed by atoms with Crippen LogP contribution >= 0.6 is 0 Å². The SMILES string of the molecule is COc1ccc(S(=O)(=O)NCc2cc(C)on2)cc1N. The summed E-state index contributed by atoms with van der Waals surface area (Å²) in [6.45, 7) is 1.78. The Morgan fingerprint density at radius 1 is 1.40 bits per heavy atom. The van der Waals surface area contributed by atoms with Crippen LogP contribution < -0.4 is 15.2 Å². The Hall–Kier alpha value is -2.06. The van der Waals surface area contributed by atoms with Gasteiger partial charge in [-0.25, -0.2) is 13.1 Å². The zero-order chi connectivity index (χ0) is 14.8. The summed E-state index contributed by atoms with van der Waals surface area (Å²) in [5.74, 6) is 1.05. The quantitative estimate of drug-likeness (QED) is 0.799. The zero-order valence-corrected chi connectivity index (χ0v) is 11.9. The normalized spacial score (nSPS) is 11.5. The monoisotopic (exact) mass is 297 g/mol. The number of nitrogens with zero attached hydrogens (tertiary/aromatic N) is 1. The molecular weight excluding hydrogens is 282 g/mol. The molecule has 0 aliphatic rings. The molecule has 0 unspecified atom stereocenters. The van der Waals surface area contributed by atoms with E-state index in [4.69, 9.17) is 15.0 Å². The molecule has 108 valence electrons. The fraction of sp³-hybridized carbons (Fsp3) is 0.250. The average molecular weight is 297 g/mol. The highest BCUT2D eigenvalue weighted by Crippen LogP contribution is 2.24. The smallest absolute Gasteiger partial charge is 0.241 e. The van der Waals surface area contributed by atoms with Gasteiger partial charge in [0.2, 0.25) is 10.0 Å². The lowest BCUT2D eigenvalue weighted by atomic mass is 10.3. The van der Waals surface area contributed by atoms with Gasteiger partial charge in [-0.3, -0.25) is 0 Å². The number of hydrogen-bond donors (Lipinski definition) is 2. The molecule has 0 atom stereocenters. The Bertz CT molecular complexity index is 709. The van der Waals surface area contributed by atoms with E-state index >= 15 is 0 Å². The summed E-state index contributed by atoms with van der Waals surface area (Å²) in [6, 6.07) is 5.93. The zero-order valence-electron chi connectivity index (χ0n) is 11.1. The number of aromatic nitrogens is 1. The van der Waals surface area contributed by atoms with Crippen molar-refractivity contribution < 1.29 is 17.7 Å². The van der Waals surface area contributed by atoms with Crippen molar-refractivity contribution in [2.45, 2.75) is 18.4 Å². The highest BCUT2D eigenvalue weighted by atomic mass is 32.2. The second-order valence-electron chi connectivity index (χ2n) is 4.16. The summed E-state index contributed by atoms with van der Waals surface area (Å²) in [5.41, 5.74) is 6.46. The molecule has 8 heteroatoms. The van der Waals surface area contributed by atoms with E-state index in [9.17, 15) is 8.42 Å². The number of nitrogens with two attached hydrogens (primary N) is 1. The Morgan fingerprint density at radius 3 is 2.70 bits per heavy atom. The van der Waals surface area contributed by atoms with Crippen molar-refractivity contribution in [2.24, 2.45) is 0 Å². The number of benzene rings is 1. The summed E-state index contributed by atoms with van der Waals surface area (Å²) in [7, 11) is -2.20. The number of ether oxygens (including phenoxy) is 1. The predicted octanol–water partition coefficient (Wildman–Crippen LogP) is 1.05. The van der Waals surface area contributed by atoms with E-state index in [-0.39, 0.29) is 17.1 Å². The van der Waals surface area contributed by atoms with Gasteiger partial charge in [-0.2, -0.15) is 0 Å². The molecule has 2 rings (SSSR count). The standard InChI is InChI=1S/C12H15N3O4S/c1-8-5-9(15-19-8)7-14-20(16,17)10-3-4-12(18-2)11(13)6-10/h3-6,14H,7,13H2,1-2H3. The van der Waals surface area contributed by atoms with Crippen LogP contribution in [0.25, 0.3) is 0 Å². The van der Waals surface area contributed by atoms with E-state index in [1.54, 1.807) is 13.0 Å². The van der Waals surface area contributed by atoms with E-state index in [1.807, 2.05) is 0 Å². The van der Waals surface area contributed by atoms with Crippen LogP contribution in [0.2, 0.25) is 0 Å². The molecule has 0 saturated carbocycles. The Labute approximate surface area is 116 Å². The van der Waals surface area contributed by atoms with Crippen molar-refractivity contribution in [3.63, 3.8) is 0 Å². The van der Waals surface area contributed by atoms with Crippen molar-refractivity contribution >= 4 is 15.7 Å². The first-order valence-electron chi connectivity index (χ1n) is 5.78. The number of nitrogen functional groups attached to an aromatic ring is 1. The van der Waals surface area contributed by atoms with E-state index in [1.165, 1.54) is 25.3 Å². The highest BCUT2D eigenvalue weighted by molar-refractivity contribution is 7.89. The minimum Gasteiger partial charge on any atom is -0.495 e. The first-order chi connectivity index (χ1) is 9.42. The molecule has 0 spiro atoms. The Balaban J connectivity index is 2.15. The van der Waals surface area contributed by atoms with Crippen LogP contribution in [-0.2, 0) is 16.6 Å². The highest BCUT2D eigenvalue weighted by Gasteiger charge is 2.16. The topological polar surface area (TPSA) is 107 Å². The summed E-state index contributed by atoms with van der Waals surface area (Å²) in [6.07, 6.45) is 0. The summed E-state index contributed by atoms with van der Waals surface area (Å²) in [4.78, 5) is 0.0658. The van der Waals surface area contributed by atoms with Crippen LogP contribution in [0.15, 0.2) is 33.7 Å². The molecule has 1 aromatic heterocycles. The lowest BCUT2D eigenvalue weighted by molar-refractivity contribution is 0.390. The van der Waals surface area contributed by atoms with Crippen LogP contribution in [0.3, 0.4) is 0 Å². The molecule has 0 aliphatic heterocycles. The van der Waals surface area contributed by atoms with Gasteiger partial charge in [-0.1, -0.05) is 5.16 Å². The number of aryl methyl sites for hydroxylation is 1. The number of sulfonamides is 1. The minimum absolute atomic E-state index is 0.0472. The van der Waals surface area contributed by atoms with Gasteiger partial charge in [0.15, 0.2) is 0 Å². The molecule has 0 aliphatic carbocycles. The van der Waals surface area contributed by atoms with Crippen LogP contribution in [0.5, 0.6) is 5.75 Å². The van der Waals surface area contributed by atoms with Gasteiger partial charge in [-0.05, 0) is 25.1 Å². The van der Waals surface area contributed by atoms with E-state index < -0.39 is 10.0 Å². The van der Waals surface area contributed by atoms with Gasteiger partial charge in [0.1, 0.15) is 11.5 Å². The third-order valence-corrected chi connectivity index (χ3v) is 4.03. The summed E-state index contributed by atoms with van der Waals surface area (Å²) >= 11 is 0. The maximum atomic E-state index is 12.1. The molecule has 20 heavy (non-hydrogen) atoms. The van der Waals surface area contributed by atoms with E-state index in [0.29, 0.717) is 17.2 Å². The molecule has 1 aromatic carbocycles. The lowest BCUT2D eigenvalue weighted by Gasteiger charge is -2.08. The van der Waals surface area contributed by atoms with Crippen molar-refractivity contribution in [1.29, 1.82) is 0 Å². The molecule has 0 saturated heterocycles. The average Bonchev–Trinajstić information content (AvgIpc) is 2.82.